The van der Waals surface area contributed by atoms with Gasteiger partial charge in [0.2, 0.25) is 0 Å². The molecule has 0 saturated carbocycles. The Balaban J connectivity index is 1.78. The van der Waals surface area contributed by atoms with Crippen molar-refractivity contribution in [3.05, 3.63) is 71.4 Å². The van der Waals surface area contributed by atoms with Crippen LogP contribution >= 0.6 is 0 Å². The summed E-state index contributed by atoms with van der Waals surface area (Å²) in [4.78, 5) is 50.6. The molecule has 4 rings (SSSR count). The standard InChI is InChI=1S/C23H19N3O5/c1-14-7-9-16(10-8-14)26-22(29)18(21(28)24-23(26)30)11-15-12-25(13-20(27)31-2)19-6-4-3-5-17(15)19/h3-12H,13H2,1-2H3,(H,24,28,30)/b18-11+. The molecule has 0 spiro atoms. The van der Waals surface area contributed by atoms with Crippen LogP contribution in [0.4, 0.5) is 10.5 Å². The zero-order chi connectivity index (χ0) is 22.1. The smallest absolute Gasteiger partial charge is 0.335 e. The van der Waals surface area contributed by atoms with Crippen LogP contribution < -0.4 is 10.2 Å². The molecular formula is C23H19N3O5. The summed E-state index contributed by atoms with van der Waals surface area (Å²) in [6.45, 7) is 1.87. The molecule has 0 aliphatic carbocycles. The van der Waals surface area contributed by atoms with E-state index in [9.17, 15) is 19.2 Å². The quantitative estimate of drug-likeness (QED) is 0.400. The Morgan fingerprint density at radius 3 is 2.48 bits per heavy atom. The number of benzene rings is 2. The van der Waals surface area contributed by atoms with Crippen molar-refractivity contribution in [1.82, 2.24) is 9.88 Å². The minimum absolute atomic E-state index is 0.0195. The highest BCUT2D eigenvalue weighted by Crippen LogP contribution is 2.26. The van der Waals surface area contributed by atoms with Crippen molar-refractivity contribution in [3.8, 4) is 0 Å². The first-order valence-corrected chi connectivity index (χ1v) is 9.52. The number of anilines is 1. The lowest BCUT2D eigenvalue weighted by atomic mass is 10.1. The fraction of sp³-hybridized carbons (Fsp3) is 0.130. The summed E-state index contributed by atoms with van der Waals surface area (Å²) in [5.41, 5.74) is 2.46. The van der Waals surface area contributed by atoms with Gasteiger partial charge in [-0.05, 0) is 31.2 Å². The molecule has 1 aliphatic heterocycles. The number of nitrogens with one attached hydrogen (secondary N) is 1. The molecular weight excluding hydrogens is 398 g/mol. The number of aromatic nitrogens is 1. The third-order valence-corrected chi connectivity index (χ3v) is 5.04. The number of esters is 1. The van der Waals surface area contributed by atoms with Crippen molar-refractivity contribution < 1.29 is 23.9 Å². The van der Waals surface area contributed by atoms with Crippen molar-refractivity contribution in [1.29, 1.82) is 0 Å². The number of imide groups is 2. The van der Waals surface area contributed by atoms with E-state index in [1.807, 2.05) is 31.2 Å². The minimum atomic E-state index is -0.802. The van der Waals surface area contributed by atoms with Crippen LogP contribution in [-0.2, 0) is 25.7 Å². The fourth-order valence-electron chi connectivity index (χ4n) is 3.47. The second kappa shape index (κ2) is 7.91. The Hall–Kier alpha value is -4.20. The van der Waals surface area contributed by atoms with E-state index in [-0.39, 0.29) is 12.1 Å². The number of hydrogen-bond donors (Lipinski definition) is 1. The lowest BCUT2D eigenvalue weighted by Crippen LogP contribution is -2.54. The summed E-state index contributed by atoms with van der Waals surface area (Å²) >= 11 is 0. The topological polar surface area (TPSA) is 97.7 Å². The van der Waals surface area contributed by atoms with E-state index in [0.29, 0.717) is 11.3 Å². The Bertz CT molecular complexity index is 1250. The highest BCUT2D eigenvalue weighted by atomic mass is 16.5. The lowest BCUT2D eigenvalue weighted by molar-refractivity contribution is -0.141. The molecule has 0 radical (unpaired) electrons. The summed E-state index contributed by atoms with van der Waals surface area (Å²) in [7, 11) is 1.30. The van der Waals surface area contributed by atoms with Gasteiger partial charge in [0.05, 0.1) is 12.8 Å². The molecule has 0 unspecified atom stereocenters. The van der Waals surface area contributed by atoms with Crippen molar-refractivity contribution >= 4 is 46.5 Å². The van der Waals surface area contributed by atoms with Gasteiger partial charge in [0, 0.05) is 22.7 Å². The Morgan fingerprint density at radius 2 is 1.77 bits per heavy atom. The van der Waals surface area contributed by atoms with E-state index in [2.05, 4.69) is 5.32 Å². The number of barbiturate groups is 1. The third kappa shape index (κ3) is 3.71. The van der Waals surface area contributed by atoms with Gasteiger partial charge in [0.15, 0.2) is 0 Å². The van der Waals surface area contributed by atoms with Crippen LogP contribution in [0.5, 0.6) is 0 Å². The summed E-state index contributed by atoms with van der Waals surface area (Å²) in [5, 5.41) is 2.97. The second-order valence-corrected chi connectivity index (χ2v) is 7.10. The highest BCUT2D eigenvalue weighted by Gasteiger charge is 2.37. The van der Waals surface area contributed by atoms with Gasteiger partial charge in [-0.15, -0.1) is 0 Å². The predicted octanol–water partition coefficient (Wildman–Crippen LogP) is 2.79. The van der Waals surface area contributed by atoms with Gasteiger partial charge in [-0.1, -0.05) is 35.9 Å². The number of carbonyl (C=O) groups excluding carboxylic acids is 4. The monoisotopic (exact) mass is 417 g/mol. The van der Waals surface area contributed by atoms with E-state index < -0.39 is 23.8 Å². The van der Waals surface area contributed by atoms with Crippen molar-refractivity contribution in [2.24, 2.45) is 0 Å². The number of carbonyl (C=O) groups is 4. The number of aryl methyl sites for hydroxylation is 1. The Morgan fingerprint density at radius 1 is 1.06 bits per heavy atom. The molecule has 0 atom stereocenters. The maximum Gasteiger partial charge on any atom is 0.335 e. The molecule has 3 aromatic rings. The van der Waals surface area contributed by atoms with Crippen LogP contribution in [0.3, 0.4) is 0 Å². The third-order valence-electron chi connectivity index (χ3n) is 5.04. The van der Waals surface area contributed by atoms with Crippen LogP contribution in [0.15, 0.2) is 60.3 Å². The molecule has 8 heteroatoms. The molecule has 4 amide bonds. The Labute approximate surface area is 177 Å². The normalized spacial score (nSPS) is 15.5. The van der Waals surface area contributed by atoms with Crippen LogP contribution in [0, 0.1) is 6.92 Å². The molecule has 0 bridgehead atoms. The largest absolute Gasteiger partial charge is 0.468 e. The minimum Gasteiger partial charge on any atom is -0.468 e. The number of fused-ring (bicyclic) bond motifs is 1. The summed E-state index contributed by atoms with van der Waals surface area (Å²) in [6, 6.07) is 13.3. The highest BCUT2D eigenvalue weighted by molar-refractivity contribution is 6.39. The fourth-order valence-corrected chi connectivity index (χ4v) is 3.47. The van der Waals surface area contributed by atoms with Gasteiger partial charge in [-0.2, -0.15) is 0 Å². The first-order valence-electron chi connectivity index (χ1n) is 9.52. The average molecular weight is 417 g/mol. The number of para-hydroxylation sites is 1. The molecule has 1 aliphatic rings. The molecule has 156 valence electrons. The van der Waals surface area contributed by atoms with Crippen LogP contribution in [-0.4, -0.2) is 35.5 Å². The van der Waals surface area contributed by atoms with E-state index >= 15 is 0 Å². The number of methoxy groups -OCH3 is 1. The summed E-state index contributed by atoms with van der Waals surface area (Å²) in [5.74, 6) is -1.92. The van der Waals surface area contributed by atoms with Gasteiger partial charge in [0.1, 0.15) is 12.1 Å². The lowest BCUT2D eigenvalue weighted by Gasteiger charge is -2.26. The maximum absolute atomic E-state index is 13.1. The van der Waals surface area contributed by atoms with Crippen molar-refractivity contribution in [3.63, 3.8) is 0 Å². The van der Waals surface area contributed by atoms with Crippen molar-refractivity contribution in [2.45, 2.75) is 13.5 Å². The zero-order valence-electron chi connectivity index (χ0n) is 16.9. The molecule has 31 heavy (non-hydrogen) atoms. The van der Waals surface area contributed by atoms with E-state index in [1.54, 1.807) is 35.0 Å². The number of nitrogens with zero attached hydrogens (tertiary/aromatic N) is 2. The van der Waals surface area contributed by atoms with Gasteiger partial charge in [-0.25, -0.2) is 9.69 Å². The van der Waals surface area contributed by atoms with E-state index in [1.165, 1.54) is 13.2 Å². The van der Waals surface area contributed by atoms with Gasteiger partial charge in [0.25, 0.3) is 11.8 Å². The van der Waals surface area contributed by atoms with Crippen LogP contribution in [0.2, 0.25) is 0 Å². The number of rotatable bonds is 4. The Kier molecular flexibility index (Phi) is 5.12. The SMILES string of the molecule is COC(=O)Cn1cc(/C=C2\C(=O)NC(=O)N(c3ccc(C)cc3)C2=O)c2ccccc21. The first kappa shape index (κ1) is 20.1. The summed E-state index contributed by atoms with van der Waals surface area (Å²) < 4.78 is 6.42. The zero-order valence-corrected chi connectivity index (χ0v) is 16.9. The number of urea groups is 1. The maximum atomic E-state index is 13.1. The number of amides is 4. The molecule has 1 saturated heterocycles. The van der Waals surface area contributed by atoms with Crippen LogP contribution in [0.1, 0.15) is 11.1 Å². The second-order valence-electron chi connectivity index (χ2n) is 7.10. The van der Waals surface area contributed by atoms with Gasteiger partial charge in [-0.3, -0.25) is 19.7 Å². The molecule has 8 nitrogen and oxygen atoms in total. The number of hydrogen-bond acceptors (Lipinski definition) is 5. The van der Waals surface area contributed by atoms with Gasteiger partial charge >= 0.3 is 12.0 Å². The molecule has 1 aromatic heterocycles. The van der Waals surface area contributed by atoms with Gasteiger partial charge < -0.3 is 9.30 Å². The first-order chi connectivity index (χ1) is 14.9. The number of ether oxygens (including phenoxy) is 1. The van der Waals surface area contributed by atoms with E-state index in [4.69, 9.17) is 4.74 Å². The average Bonchev–Trinajstić information content (AvgIpc) is 3.09. The van der Waals surface area contributed by atoms with E-state index in [0.717, 1.165) is 21.4 Å². The molecule has 2 heterocycles. The molecule has 2 aromatic carbocycles. The van der Waals surface area contributed by atoms with Crippen LogP contribution in [0.25, 0.3) is 17.0 Å². The summed E-state index contributed by atoms with van der Waals surface area (Å²) in [6.07, 6.45) is 3.10. The molecule has 1 fully saturated rings. The van der Waals surface area contributed by atoms with Crippen molar-refractivity contribution in [2.75, 3.05) is 12.0 Å². The predicted molar refractivity (Wildman–Crippen MR) is 114 cm³/mol. The molecule has 1 N–H and O–H groups in total.